The first-order chi connectivity index (χ1) is 6.22. The molecule has 0 heterocycles. The van der Waals surface area contributed by atoms with Gasteiger partial charge in [0, 0.05) is 20.7 Å². The molecular formula is C9H19NO3. The lowest BCUT2D eigenvalue weighted by Gasteiger charge is -2.15. The molecule has 0 aromatic carbocycles. The number of hydrogen-bond acceptors (Lipinski definition) is 3. The fourth-order valence-electron chi connectivity index (χ4n) is 0.872. The maximum absolute atomic E-state index is 11.3. The second-order valence-corrected chi connectivity index (χ2v) is 2.86. The van der Waals surface area contributed by atoms with E-state index >= 15 is 0 Å². The number of ether oxygens (including phenoxy) is 2. The Balaban J connectivity index is 3.38. The van der Waals surface area contributed by atoms with Gasteiger partial charge in [0.05, 0.1) is 13.2 Å². The quantitative estimate of drug-likeness (QED) is 0.548. The third-order valence-corrected chi connectivity index (χ3v) is 1.64. The van der Waals surface area contributed by atoms with Gasteiger partial charge < -0.3 is 14.4 Å². The lowest BCUT2D eigenvalue weighted by Crippen LogP contribution is -2.31. The number of carbonyl (C=O) groups excluding carboxylic acids is 1. The van der Waals surface area contributed by atoms with E-state index in [1.165, 1.54) is 0 Å². The summed E-state index contributed by atoms with van der Waals surface area (Å²) in [5, 5.41) is 0. The molecule has 0 spiro atoms. The van der Waals surface area contributed by atoms with Crippen LogP contribution in [-0.2, 0) is 14.3 Å². The fourth-order valence-corrected chi connectivity index (χ4v) is 0.872. The predicted octanol–water partition coefficient (Wildman–Crippen LogP) is 0.518. The van der Waals surface area contributed by atoms with Crippen LogP contribution in [0, 0.1) is 0 Å². The SMILES string of the molecule is CCCN(C)C(=O)COCCOC. The van der Waals surface area contributed by atoms with Crippen LogP contribution in [0.1, 0.15) is 13.3 Å². The summed E-state index contributed by atoms with van der Waals surface area (Å²) in [6.45, 7) is 3.98. The van der Waals surface area contributed by atoms with Crippen LogP contribution in [0.2, 0.25) is 0 Å². The Morgan fingerprint density at radius 2 is 2.08 bits per heavy atom. The molecule has 0 fully saturated rings. The molecule has 0 saturated carbocycles. The summed E-state index contributed by atoms with van der Waals surface area (Å²) in [6, 6.07) is 0. The van der Waals surface area contributed by atoms with Gasteiger partial charge in [-0.25, -0.2) is 0 Å². The zero-order valence-electron chi connectivity index (χ0n) is 8.71. The van der Waals surface area contributed by atoms with E-state index < -0.39 is 0 Å². The topological polar surface area (TPSA) is 38.8 Å². The van der Waals surface area contributed by atoms with Gasteiger partial charge in [-0.1, -0.05) is 6.92 Å². The molecule has 0 aliphatic rings. The Morgan fingerprint density at radius 3 is 2.62 bits per heavy atom. The van der Waals surface area contributed by atoms with Crippen LogP contribution in [0.15, 0.2) is 0 Å². The molecule has 0 rings (SSSR count). The fraction of sp³-hybridized carbons (Fsp3) is 0.889. The van der Waals surface area contributed by atoms with Crippen LogP contribution >= 0.6 is 0 Å². The lowest BCUT2D eigenvalue weighted by atomic mass is 10.4. The zero-order valence-corrected chi connectivity index (χ0v) is 8.71. The largest absolute Gasteiger partial charge is 0.382 e. The Hall–Kier alpha value is -0.610. The van der Waals surface area contributed by atoms with Crippen LogP contribution in [0.3, 0.4) is 0 Å². The summed E-state index contributed by atoms with van der Waals surface area (Å²) in [4.78, 5) is 12.9. The highest BCUT2D eigenvalue weighted by Gasteiger charge is 2.06. The van der Waals surface area contributed by atoms with E-state index in [2.05, 4.69) is 0 Å². The lowest BCUT2D eigenvalue weighted by molar-refractivity contribution is -0.135. The Bertz CT molecular complexity index is 139. The van der Waals surface area contributed by atoms with Crippen molar-refractivity contribution in [2.45, 2.75) is 13.3 Å². The third kappa shape index (κ3) is 6.54. The van der Waals surface area contributed by atoms with Gasteiger partial charge in [-0.3, -0.25) is 4.79 Å². The van der Waals surface area contributed by atoms with Crippen LogP contribution < -0.4 is 0 Å². The highest BCUT2D eigenvalue weighted by molar-refractivity contribution is 5.77. The molecule has 78 valence electrons. The summed E-state index contributed by atoms with van der Waals surface area (Å²) >= 11 is 0. The maximum Gasteiger partial charge on any atom is 0.248 e. The molecule has 0 aliphatic carbocycles. The van der Waals surface area contributed by atoms with Crippen molar-refractivity contribution in [3.8, 4) is 0 Å². The molecule has 4 nitrogen and oxygen atoms in total. The van der Waals surface area contributed by atoms with Crippen molar-refractivity contribution in [2.24, 2.45) is 0 Å². The van der Waals surface area contributed by atoms with Crippen molar-refractivity contribution in [2.75, 3.05) is 40.5 Å². The van der Waals surface area contributed by atoms with Crippen molar-refractivity contribution in [3.05, 3.63) is 0 Å². The zero-order chi connectivity index (χ0) is 10.1. The maximum atomic E-state index is 11.3. The summed E-state index contributed by atoms with van der Waals surface area (Å²) in [5.74, 6) is 0.0259. The van der Waals surface area contributed by atoms with Crippen LogP contribution in [0.4, 0.5) is 0 Å². The first-order valence-corrected chi connectivity index (χ1v) is 4.53. The Morgan fingerprint density at radius 1 is 1.38 bits per heavy atom. The van der Waals surface area contributed by atoms with E-state index in [0.717, 1.165) is 13.0 Å². The molecule has 0 unspecified atom stereocenters. The van der Waals surface area contributed by atoms with Gasteiger partial charge in [0.2, 0.25) is 5.91 Å². The summed E-state index contributed by atoms with van der Waals surface area (Å²) in [5.41, 5.74) is 0. The number of nitrogens with zero attached hydrogens (tertiary/aromatic N) is 1. The first kappa shape index (κ1) is 12.4. The minimum atomic E-state index is 0.0259. The number of carbonyl (C=O) groups is 1. The monoisotopic (exact) mass is 189 g/mol. The number of hydrogen-bond donors (Lipinski definition) is 0. The molecule has 0 saturated heterocycles. The van der Waals surface area contributed by atoms with Gasteiger partial charge in [-0.2, -0.15) is 0 Å². The summed E-state index contributed by atoms with van der Waals surface area (Å²) < 4.78 is 9.87. The number of rotatable bonds is 7. The summed E-state index contributed by atoms with van der Waals surface area (Å²) in [6.07, 6.45) is 0.973. The highest BCUT2D eigenvalue weighted by atomic mass is 16.5. The average molecular weight is 189 g/mol. The van der Waals surface area contributed by atoms with Crippen LogP contribution in [0.5, 0.6) is 0 Å². The number of methoxy groups -OCH3 is 1. The average Bonchev–Trinajstić information content (AvgIpc) is 2.12. The van der Waals surface area contributed by atoms with E-state index in [1.807, 2.05) is 6.92 Å². The molecule has 0 aromatic rings. The van der Waals surface area contributed by atoms with Crippen molar-refractivity contribution in [1.82, 2.24) is 4.90 Å². The molecule has 13 heavy (non-hydrogen) atoms. The molecule has 0 radical (unpaired) electrons. The second-order valence-electron chi connectivity index (χ2n) is 2.86. The molecule has 0 aromatic heterocycles. The molecule has 0 atom stereocenters. The number of likely N-dealkylation sites (N-methyl/N-ethyl adjacent to an activating group) is 1. The van der Waals surface area contributed by atoms with Crippen LogP contribution in [-0.4, -0.2) is 51.3 Å². The van der Waals surface area contributed by atoms with Crippen LogP contribution in [0.25, 0.3) is 0 Å². The van der Waals surface area contributed by atoms with Crippen molar-refractivity contribution >= 4 is 5.91 Å². The summed E-state index contributed by atoms with van der Waals surface area (Å²) in [7, 11) is 3.39. The standard InChI is InChI=1S/C9H19NO3/c1-4-5-10(2)9(11)8-13-7-6-12-3/h4-8H2,1-3H3. The van der Waals surface area contributed by atoms with E-state index in [4.69, 9.17) is 9.47 Å². The third-order valence-electron chi connectivity index (χ3n) is 1.64. The van der Waals surface area contributed by atoms with Gasteiger partial charge in [-0.15, -0.1) is 0 Å². The van der Waals surface area contributed by atoms with E-state index in [0.29, 0.717) is 13.2 Å². The molecule has 0 aliphatic heterocycles. The van der Waals surface area contributed by atoms with Crippen molar-refractivity contribution in [3.63, 3.8) is 0 Å². The van der Waals surface area contributed by atoms with Gasteiger partial charge in [0.15, 0.2) is 0 Å². The molecule has 4 heteroatoms. The van der Waals surface area contributed by atoms with Gasteiger partial charge in [0.1, 0.15) is 6.61 Å². The van der Waals surface area contributed by atoms with E-state index in [9.17, 15) is 4.79 Å². The molecule has 0 N–H and O–H groups in total. The van der Waals surface area contributed by atoms with Crippen molar-refractivity contribution < 1.29 is 14.3 Å². The smallest absolute Gasteiger partial charge is 0.248 e. The number of amides is 1. The van der Waals surface area contributed by atoms with E-state index in [1.54, 1.807) is 19.1 Å². The van der Waals surface area contributed by atoms with Gasteiger partial charge in [0.25, 0.3) is 0 Å². The minimum absolute atomic E-state index is 0.0259. The molecule has 0 bridgehead atoms. The van der Waals surface area contributed by atoms with Crippen molar-refractivity contribution in [1.29, 1.82) is 0 Å². The van der Waals surface area contributed by atoms with Gasteiger partial charge in [-0.05, 0) is 6.42 Å². The molecular weight excluding hydrogens is 170 g/mol. The van der Waals surface area contributed by atoms with Gasteiger partial charge >= 0.3 is 0 Å². The minimum Gasteiger partial charge on any atom is -0.382 e. The Labute approximate surface area is 79.8 Å². The second kappa shape index (κ2) is 8.01. The highest BCUT2D eigenvalue weighted by Crippen LogP contribution is 1.89. The molecule has 1 amide bonds. The predicted molar refractivity (Wildman–Crippen MR) is 50.6 cm³/mol. The first-order valence-electron chi connectivity index (χ1n) is 4.53. The Kier molecular flexibility index (Phi) is 7.63. The van der Waals surface area contributed by atoms with E-state index in [-0.39, 0.29) is 12.5 Å². The normalized spacial score (nSPS) is 10.1.